The van der Waals surface area contributed by atoms with E-state index in [9.17, 15) is 14.4 Å². The van der Waals surface area contributed by atoms with Crippen LogP contribution in [0.15, 0.2) is 36.4 Å². The average molecular weight is 545 g/mol. The Labute approximate surface area is 229 Å². The van der Waals surface area contributed by atoms with Crippen LogP contribution < -0.4 is 21.1 Å². The molecule has 1 aromatic carbocycles. The smallest absolute Gasteiger partial charge is 0.426 e. The van der Waals surface area contributed by atoms with Crippen LogP contribution in [0.3, 0.4) is 0 Å². The van der Waals surface area contributed by atoms with Crippen molar-refractivity contribution in [3.63, 3.8) is 0 Å². The average Bonchev–Trinajstić information content (AvgIpc) is 3.31. The quantitative estimate of drug-likeness (QED) is 0.366. The second-order valence-corrected chi connectivity index (χ2v) is 11.8. The van der Waals surface area contributed by atoms with Gasteiger partial charge in [-0.1, -0.05) is 30.3 Å². The summed E-state index contributed by atoms with van der Waals surface area (Å²) in [5.41, 5.74) is 5.60. The first-order chi connectivity index (χ1) is 17.8. The van der Waals surface area contributed by atoms with E-state index in [0.29, 0.717) is 6.47 Å². The number of rotatable bonds is 6. The van der Waals surface area contributed by atoms with Gasteiger partial charge in [0.2, 0.25) is 5.91 Å². The molecule has 2 amide bonds. The first-order valence-electron chi connectivity index (χ1n) is 12.6. The van der Waals surface area contributed by atoms with Crippen LogP contribution in [0.5, 0.6) is 0 Å². The van der Waals surface area contributed by atoms with E-state index in [-0.39, 0.29) is 17.9 Å². The maximum atomic E-state index is 12.0. The third-order valence-electron chi connectivity index (χ3n) is 4.93. The lowest BCUT2D eigenvalue weighted by atomic mass is 10.1. The molecule has 1 aliphatic heterocycles. The van der Waals surface area contributed by atoms with Crippen molar-refractivity contribution in [2.24, 2.45) is 0 Å². The lowest BCUT2D eigenvalue weighted by Gasteiger charge is -2.27. The summed E-state index contributed by atoms with van der Waals surface area (Å²) in [6.45, 7) is 15.4. The van der Waals surface area contributed by atoms with E-state index in [4.69, 9.17) is 4.74 Å². The van der Waals surface area contributed by atoms with Crippen molar-refractivity contribution in [3.8, 4) is 0 Å². The molecule has 0 bridgehead atoms. The molecule has 2 aromatic rings. The number of hydrogen-bond acceptors (Lipinski definition) is 8. The molecule has 0 spiro atoms. The first kappa shape index (κ1) is 30.9. The van der Waals surface area contributed by atoms with Crippen LogP contribution in [0.4, 0.5) is 9.80 Å². The summed E-state index contributed by atoms with van der Waals surface area (Å²) in [5.74, 6) is -0.312. The summed E-state index contributed by atoms with van der Waals surface area (Å²) in [4.78, 5) is 36.8. The van der Waals surface area contributed by atoms with Gasteiger partial charge in [0.15, 0.2) is 0 Å². The molecule has 1 aromatic heterocycles. The largest absolute Gasteiger partial charge is 0.462 e. The van der Waals surface area contributed by atoms with Crippen molar-refractivity contribution in [2.75, 3.05) is 31.1 Å². The molecule has 0 unspecified atom stereocenters. The molecule has 0 atom stereocenters. The van der Waals surface area contributed by atoms with Crippen LogP contribution in [-0.2, 0) is 25.5 Å². The van der Waals surface area contributed by atoms with Crippen molar-refractivity contribution in [3.05, 3.63) is 52.4 Å². The van der Waals surface area contributed by atoms with Crippen LogP contribution in [-0.4, -0.2) is 55.9 Å². The van der Waals surface area contributed by atoms with Crippen LogP contribution in [0.2, 0.25) is 0 Å². The highest BCUT2D eigenvalue weighted by Gasteiger charge is 2.16. The molecule has 0 aliphatic carbocycles. The number of piperazine rings is 1. The summed E-state index contributed by atoms with van der Waals surface area (Å²) in [6.07, 6.45) is 3.66. The SMILES string of the molecule is CC(C)(C)OC(=O)NNC(=O)Cc1ccc(C=Cc2ccc(N3CCNCC3)s2)cc1.CC(C)(C)OC=O. The highest BCUT2D eigenvalue weighted by atomic mass is 32.1. The number of hydrazine groups is 1. The van der Waals surface area contributed by atoms with Gasteiger partial charge in [-0.05, 0) is 70.9 Å². The molecule has 2 heterocycles. The summed E-state index contributed by atoms with van der Waals surface area (Å²) in [7, 11) is 0. The number of hydrogen-bond donors (Lipinski definition) is 3. The minimum absolute atomic E-state index is 0.165. The van der Waals surface area contributed by atoms with Crippen LogP contribution in [0, 0.1) is 0 Å². The monoisotopic (exact) mass is 544 g/mol. The number of nitrogens with zero attached hydrogens (tertiary/aromatic N) is 1. The van der Waals surface area contributed by atoms with Gasteiger partial charge in [-0.2, -0.15) is 0 Å². The van der Waals surface area contributed by atoms with E-state index in [1.807, 2.05) is 45.0 Å². The second kappa shape index (κ2) is 14.5. The number of amides is 2. The van der Waals surface area contributed by atoms with Gasteiger partial charge in [-0.15, -0.1) is 11.3 Å². The maximum Gasteiger partial charge on any atom is 0.426 e. The highest BCUT2D eigenvalue weighted by Crippen LogP contribution is 2.27. The van der Waals surface area contributed by atoms with Gasteiger partial charge < -0.3 is 19.7 Å². The predicted molar refractivity (Wildman–Crippen MR) is 153 cm³/mol. The van der Waals surface area contributed by atoms with Gasteiger partial charge >= 0.3 is 6.09 Å². The van der Waals surface area contributed by atoms with E-state index in [0.717, 1.165) is 37.3 Å². The van der Waals surface area contributed by atoms with E-state index >= 15 is 0 Å². The molecule has 38 heavy (non-hydrogen) atoms. The van der Waals surface area contributed by atoms with Crippen molar-refractivity contribution in [1.82, 2.24) is 16.2 Å². The first-order valence-corrected chi connectivity index (χ1v) is 13.4. The second-order valence-electron chi connectivity index (χ2n) is 10.7. The number of thiophene rings is 1. The predicted octanol–water partition coefficient (Wildman–Crippen LogP) is 4.38. The maximum absolute atomic E-state index is 12.0. The van der Waals surface area contributed by atoms with Gasteiger partial charge in [0.1, 0.15) is 11.2 Å². The Bertz CT molecular complexity index is 1060. The van der Waals surface area contributed by atoms with Crippen molar-refractivity contribution in [2.45, 2.75) is 59.2 Å². The Morgan fingerprint density at radius 2 is 1.61 bits per heavy atom. The molecular formula is C28H40N4O5S. The molecule has 0 saturated carbocycles. The molecule has 1 aliphatic rings. The van der Waals surface area contributed by atoms with Crippen LogP contribution in [0.1, 0.15) is 57.5 Å². The molecule has 9 nitrogen and oxygen atoms in total. The number of carbonyl (C=O) groups excluding carboxylic acids is 3. The third-order valence-corrected chi connectivity index (χ3v) is 6.04. The molecule has 10 heteroatoms. The zero-order valence-corrected chi connectivity index (χ0v) is 23.9. The van der Waals surface area contributed by atoms with E-state index in [1.165, 1.54) is 9.88 Å². The molecule has 208 valence electrons. The van der Waals surface area contributed by atoms with Gasteiger partial charge in [0, 0.05) is 31.1 Å². The highest BCUT2D eigenvalue weighted by molar-refractivity contribution is 7.17. The lowest BCUT2D eigenvalue weighted by molar-refractivity contribution is -0.138. The van der Waals surface area contributed by atoms with Gasteiger partial charge in [0.25, 0.3) is 6.47 Å². The lowest BCUT2D eigenvalue weighted by Crippen LogP contribution is -2.44. The van der Waals surface area contributed by atoms with Gasteiger partial charge in [0.05, 0.1) is 11.4 Å². The molecule has 1 fully saturated rings. The van der Waals surface area contributed by atoms with Crippen molar-refractivity contribution in [1.29, 1.82) is 0 Å². The number of ether oxygens (including phenoxy) is 2. The normalized spacial score (nSPS) is 13.8. The zero-order valence-electron chi connectivity index (χ0n) is 23.1. The fraction of sp³-hybridized carbons (Fsp3) is 0.464. The zero-order chi connectivity index (χ0) is 28.2. The number of carbonyl (C=O) groups is 3. The fourth-order valence-corrected chi connectivity index (χ4v) is 4.17. The third kappa shape index (κ3) is 12.7. The van der Waals surface area contributed by atoms with Gasteiger partial charge in [-0.3, -0.25) is 15.0 Å². The number of benzene rings is 1. The molecule has 0 radical (unpaired) electrons. The van der Waals surface area contributed by atoms with Crippen LogP contribution >= 0.6 is 11.3 Å². The fourth-order valence-electron chi connectivity index (χ4n) is 3.21. The topological polar surface area (TPSA) is 109 Å². The van der Waals surface area contributed by atoms with E-state index in [1.54, 1.807) is 32.1 Å². The Kier molecular flexibility index (Phi) is 11.8. The minimum Gasteiger partial charge on any atom is -0.462 e. The van der Waals surface area contributed by atoms with E-state index < -0.39 is 11.7 Å². The minimum atomic E-state index is -0.685. The number of nitrogens with one attached hydrogen (secondary N) is 3. The summed E-state index contributed by atoms with van der Waals surface area (Å²) in [6, 6.07) is 12.1. The molecule has 3 rings (SSSR count). The van der Waals surface area contributed by atoms with Crippen molar-refractivity contribution >= 4 is 47.0 Å². The summed E-state index contributed by atoms with van der Waals surface area (Å²) in [5, 5.41) is 4.68. The standard InChI is InChI=1S/C23H30N4O3S.C5H10O2/c1-23(2,3)30-22(29)26-25-20(28)16-18-6-4-17(5-7-18)8-9-19-10-11-21(31-19)27-14-12-24-13-15-27;1-5(2,3)7-4-6/h4-11,24H,12-16H2,1-3H3,(H,25,28)(H,26,29);4H,1-3H3. The van der Waals surface area contributed by atoms with Crippen LogP contribution in [0.25, 0.3) is 12.2 Å². The Morgan fingerprint density at radius 1 is 0.947 bits per heavy atom. The summed E-state index contributed by atoms with van der Waals surface area (Å²) >= 11 is 1.79. The molecular weight excluding hydrogens is 504 g/mol. The Hall–Kier alpha value is -3.37. The Balaban J connectivity index is 0.000000638. The van der Waals surface area contributed by atoms with E-state index in [2.05, 4.69) is 50.1 Å². The molecule has 1 saturated heterocycles. The van der Waals surface area contributed by atoms with Crippen molar-refractivity contribution < 1.29 is 23.9 Å². The number of anilines is 1. The molecule has 3 N–H and O–H groups in total. The summed E-state index contributed by atoms with van der Waals surface area (Å²) < 4.78 is 9.62. The Morgan fingerprint density at radius 3 is 2.16 bits per heavy atom. The van der Waals surface area contributed by atoms with Gasteiger partial charge in [-0.25, -0.2) is 10.2 Å².